The third-order valence-electron chi connectivity index (χ3n) is 3.57. The maximum atomic E-state index is 12.2. The molecule has 0 N–H and O–H groups in total. The van der Waals surface area contributed by atoms with Crippen molar-refractivity contribution in [3.05, 3.63) is 80.9 Å². The van der Waals surface area contributed by atoms with E-state index in [9.17, 15) is 4.79 Å². The van der Waals surface area contributed by atoms with Crippen LogP contribution in [0.25, 0.3) is 17.0 Å². The SMILES string of the molecule is Cc1cccc2cc(/C=C\C(=O)c3ccc(Br)cc3)c(Cl)nc12. The summed E-state index contributed by atoms with van der Waals surface area (Å²) in [5.41, 5.74) is 3.32. The van der Waals surface area contributed by atoms with E-state index in [4.69, 9.17) is 11.6 Å². The molecule has 0 aliphatic rings. The Hall–Kier alpha value is -1.97. The van der Waals surface area contributed by atoms with Gasteiger partial charge in [0, 0.05) is 21.0 Å². The number of ketones is 1. The van der Waals surface area contributed by atoms with Gasteiger partial charge in [0.2, 0.25) is 0 Å². The number of para-hydroxylation sites is 1. The predicted octanol–water partition coefficient (Wildman–Crippen LogP) is 5.86. The number of carbonyl (C=O) groups is 1. The number of aromatic nitrogens is 1. The zero-order valence-electron chi connectivity index (χ0n) is 12.4. The summed E-state index contributed by atoms with van der Waals surface area (Å²) < 4.78 is 0.940. The average molecular weight is 387 g/mol. The van der Waals surface area contributed by atoms with Crippen molar-refractivity contribution in [1.82, 2.24) is 4.98 Å². The standard InChI is InChI=1S/C19H13BrClNO/c1-12-3-2-4-14-11-15(19(21)22-18(12)14)7-10-17(23)13-5-8-16(20)9-6-13/h2-11H,1H3/b10-7-. The number of hydrogen-bond donors (Lipinski definition) is 0. The molecule has 0 atom stereocenters. The second kappa shape index (κ2) is 6.65. The number of carbonyl (C=O) groups excluding carboxylic acids is 1. The van der Waals surface area contributed by atoms with Crippen molar-refractivity contribution >= 4 is 50.3 Å². The van der Waals surface area contributed by atoms with Crippen LogP contribution in [0.5, 0.6) is 0 Å². The molecule has 1 heterocycles. The molecule has 114 valence electrons. The first kappa shape index (κ1) is 15.9. The molecule has 0 aliphatic heterocycles. The number of fused-ring (bicyclic) bond motifs is 1. The molecule has 0 aliphatic carbocycles. The minimum atomic E-state index is -0.0714. The van der Waals surface area contributed by atoms with Gasteiger partial charge in [-0.05, 0) is 55.0 Å². The zero-order valence-corrected chi connectivity index (χ0v) is 14.7. The van der Waals surface area contributed by atoms with Crippen LogP contribution in [-0.4, -0.2) is 10.8 Å². The lowest BCUT2D eigenvalue weighted by Gasteiger charge is -2.04. The van der Waals surface area contributed by atoms with Crippen molar-refractivity contribution in [3.63, 3.8) is 0 Å². The summed E-state index contributed by atoms with van der Waals surface area (Å²) in [6.45, 7) is 2.00. The minimum absolute atomic E-state index is 0.0714. The van der Waals surface area contributed by atoms with Gasteiger partial charge in [0.1, 0.15) is 5.15 Å². The van der Waals surface area contributed by atoms with Crippen LogP contribution in [0.1, 0.15) is 21.5 Å². The first-order valence-corrected chi connectivity index (χ1v) is 8.25. The number of nitrogens with zero attached hydrogens (tertiary/aromatic N) is 1. The maximum absolute atomic E-state index is 12.2. The van der Waals surface area contributed by atoms with Crippen LogP contribution in [0.4, 0.5) is 0 Å². The van der Waals surface area contributed by atoms with Crippen LogP contribution in [0.3, 0.4) is 0 Å². The highest BCUT2D eigenvalue weighted by molar-refractivity contribution is 9.10. The number of rotatable bonds is 3. The van der Waals surface area contributed by atoms with E-state index in [2.05, 4.69) is 20.9 Å². The summed E-state index contributed by atoms with van der Waals surface area (Å²) in [7, 11) is 0. The molecule has 0 radical (unpaired) electrons. The molecule has 0 saturated heterocycles. The third kappa shape index (κ3) is 3.52. The molecule has 2 nitrogen and oxygen atoms in total. The summed E-state index contributed by atoms with van der Waals surface area (Å²) >= 11 is 9.60. The Morgan fingerprint density at radius 3 is 2.65 bits per heavy atom. The molecular weight excluding hydrogens is 374 g/mol. The molecule has 0 unspecified atom stereocenters. The van der Waals surface area contributed by atoms with E-state index in [1.807, 2.05) is 43.3 Å². The Balaban J connectivity index is 1.93. The topological polar surface area (TPSA) is 30.0 Å². The molecule has 0 bridgehead atoms. The molecule has 0 saturated carbocycles. The fourth-order valence-electron chi connectivity index (χ4n) is 2.33. The van der Waals surface area contributed by atoms with Gasteiger partial charge in [-0.2, -0.15) is 0 Å². The lowest BCUT2D eigenvalue weighted by molar-refractivity contribution is 0.104. The molecule has 23 heavy (non-hydrogen) atoms. The minimum Gasteiger partial charge on any atom is -0.289 e. The normalized spacial score (nSPS) is 11.3. The molecule has 0 fully saturated rings. The zero-order chi connectivity index (χ0) is 16.4. The van der Waals surface area contributed by atoms with Crippen molar-refractivity contribution in [1.29, 1.82) is 0 Å². The maximum Gasteiger partial charge on any atom is 0.185 e. The van der Waals surface area contributed by atoms with Gasteiger partial charge in [0.05, 0.1) is 5.52 Å². The average Bonchev–Trinajstić information content (AvgIpc) is 2.54. The highest BCUT2D eigenvalue weighted by atomic mass is 79.9. The first-order valence-electron chi connectivity index (χ1n) is 7.08. The van der Waals surface area contributed by atoms with Gasteiger partial charge in [-0.25, -0.2) is 4.98 Å². The first-order chi connectivity index (χ1) is 11.0. The Labute approximate surface area is 147 Å². The quantitative estimate of drug-likeness (QED) is 0.321. The molecule has 1 aromatic heterocycles. The van der Waals surface area contributed by atoms with Gasteiger partial charge in [0.15, 0.2) is 5.78 Å². The monoisotopic (exact) mass is 385 g/mol. The van der Waals surface area contributed by atoms with Crippen molar-refractivity contribution in [2.45, 2.75) is 6.92 Å². The molecular formula is C19H13BrClNO. The van der Waals surface area contributed by atoms with Crippen molar-refractivity contribution < 1.29 is 4.79 Å². The van der Waals surface area contributed by atoms with Crippen LogP contribution in [0.15, 0.2) is 59.1 Å². The summed E-state index contributed by atoms with van der Waals surface area (Å²) in [6.07, 6.45) is 3.23. The predicted molar refractivity (Wildman–Crippen MR) is 99.0 cm³/mol. The second-order valence-corrected chi connectivity index (χ2v) is 6.49. The summed E-state index contributed by atoms with van der Waals surface area (Å²) in [5.74, 6) is -0.0714. The van der Waals surface area contributed by atoms with Gasteiger partial charge in [0.25, 0.3) is 0 Å². The largest absolute Gasteiger partial charge is 0.289 e. The van der Waals surface area contributed by atoms with Gasteiger partial charge in [-0.15, -0.1) is 0 Å². The van der Waals surface area contributed by atoms with Crippen molar-refractivity contribution in [3.8, 4) is 0 Å². The Kier molecular flexibility index (Phi) is 4.60. The Morgan fingerprint density at radius 2 is 1.91 bits per heavy atom. The number of hydrogen-bond acceptors (Lipinski definition) is 2. The second-order valence-electron chi connectivity index (χ2n) is 5.22. The third-order valence-corrected chi connectivity index (χ3v) is 4.40. The molecule has 2 aromatic carbocycles. The van der Waals surface area contributed by atoms with Crippen LogP contribution >= 0.6 is 27.5 Å². The highest BCUT2D eigenvalue weighted by Gasteiger charge is 2.06. The van der Waals surface area contributed by atoms with E-state index >= 15 is 0 Å². The summed E-state index contributed by atoms with van der Waals surface area (Å²) in [6, 6.07) is 15.2. The number of halogens is 2. The van der Waals surface area contributed by atoms with Crippen LogP contribution in [-0.2, 0) is 0 Å². The molecule has 4 heteroatoms. The van der Waals surface area contributed by atoms with Crippen LogP contribution in [0, 0.1) is 6.92 Å². The smallest absolute Gasteiger partial charge is 0.185 e. The van der Waals surface area contributed by atoms with E-state index in [1.54, 1.807) is 18.2 Å². The highest BCUT2D eigenvalue weighted by Crippen LogP contribution is 2.24. The van der Waals surface area contributed by atoms with Gasteiger partial charge < -0.3 is 0 Å². The Morgan fingerprint density at radius 1 is 1.17 bits per heavy atom. The number of benzene rings is 2. The van der Waals surface area contributed by atoms with Crippen molar-refractivity contribution in [2.75, 3.05) is 0 Å². The summed E-state index contributed by atoms with van der Waals surface area (Å²) in [5, 5.41) is 1.40. The van der Waals surface area contributed by atoms with Crippen molar-refractivity contribution in [2.24, 2.45) is 0 Å². The van der Waals surface area contributed by atoms with E-state index in [0.717, 1.165) is 26.5 Å². The molecule has 3 rings (SSSR count). The van der Waals surface area contributed by atoms with E-state index < -0.39 is 0 Å². The molecule has 3 aromatic rings. The number of aryl methyl sites for hydroxylation is 1. The lowest BCUT2D eigenvalue weighted by atomic mass is 10.1. The molecule has 0 amide bonds. The number of allylic oxidation sites excluding steroid dienone is 1. The van der Waals surface area contributed by atoms with Crippen LogP contribution < -0.4 is 0 Å². The molecule has 0 spiro atoms. The summed E-state index contributed by atoms with van der Waals surface area (Å²) in [4.78, 5) is 16.6. The van der Waals surface area contributed by atoms with Gasteiger partial charge in [-0.1, -0.05) is 45.7 Å². The fraction of sp³-hybridized carbons (Fsp3) is 0.0526. The number of pyridine rings is 1. The van der Waals surface area contributed by atoms with E-state index in [-0.39, 0.29) is 5.78 Å². The Bertz CT molecular complexity index is 917. The van der Waals surface area contributed by atoms with Gasteiger partial charge >= 0.3 is 0 Å². The van der Waals surface area contributed by atoms with E-state index in [0.29, 0.717) is 10.7 Å². The van der Waals surface area contributed by atoms with Crippen LogP contribution in [0.2, 0.25) is 5.15 Å². The lowest BCUT2D eigenvalue weighted by Crippen LogP contribution is -1.94. The fourth-order valence-corrected chi connectivity index (χ4v) is 2.80. The van der Waals surface area contributed by atoms with Gasteiger partial charge in [-0.3, -0.25) is 4.79 Å². The van der Waals surface area contributed by atoms with E-state index in [1.165, 1.54) is 6.08 Å².